The Morgan fingerprint density at radius 1 is 1.50 bits per heavy atom. The van der Waals surface area contributed by atoms with Gasteiger partial charge in [-0.2, -0.15) is 0 Å². The van der Waals surface area contributed by atoms with Gasteiger partial charge in [0.1, 0.15) is 0 Å². The summed E-state index contributed by atoms with van der Waals surface area (Å²) in [5.41, 5.74) is 0.335. The number of amides is 2. The molecule has 0 bridgehead atoms. The van der Waals surface area contributed by atoms with E-state index in [2.05, 4.69) is 15.6 Å². The minimum atomic E-state index is -0.273. The van der Waals surface area contributed by atoms with Crippen LogP contribution in [-0.4, -0.2) is 35.9 Å². The third-order valence-corrected chi connectivity index (χ3v) is 3.57. The van der Waals surface area contributed by atoms with Gasteiger partial charge < -0.3 is 20.1 Å². The molecule has 6 heteroatoms. The second kappa shape index (κ2) is 7.45. The molecule has 0 aromatic carbocycles. The van der Waals surface area contributed by atoms with Crippen LogP contribution in [0.4, 0.5) is 10.5 Å². The fourth-order valence-corrected chi connectivity index (χ4v) is 2.40. The lowest BCUT2D eigenvalue weighted by atomic mass is 9.96. The average Bonchev–Trinajstić information content (AvgIpc) is 2.48. The molecule has 0 radical (unpaired) electrons. The number of carbonyl (C=O) groups excluding carboxylic acids is 1. The molecule has 2 amide bonds. The number of pyridine rings is 1. The first-order valence-corrected chi connectivity index (χ1v) is 7.78. The van der Waals surface area contributed by atoms with E-state index in [9.17, 15) is 4.79 Å². The predicted molar refractivity (Wildman–Crippen MR) is 85.2 cm³/mol. The van der Waals surface area contributed by atoms with Gasteiger partial charge in [-0.3, -0.25) is 4.98 Å². The van der Waals surface area contributed by atoms with Crippen LogP contribution in [0.5, 0.6) is 5.75 Å². The standard InChI is InChI=1S/C16H25N3O3/c1-12(2)22-14-10-17-8-6-13(14)19-15(20)18-11-16(3)7-4-5-9-21-16/h6,8,10,12H,4-5,7,9,11H2,1-3H3,(H2,17,18,19,20). The van der Waals surface area contributed by atoms with Crippen LogP contribution in [0.15, 0.2) is 18.5 Å². The molecule has 1 aromatic heterocycles. The van der Waals surface area contributed by atoms with Crippen molar-refractivity contribution in [2.45, 2.75) is 51.7 Å². The van der Waals surface area contributed by atoms with Crippen molar-refractivity contribution in [3.63, 3.8) is 0 Å². The summed E-state index contributed by atoms with van der Waals surface area (Å²) in [6, 6.07) is 1.45. The molecule has 1 fully saturated rings. The molecule has 122 valence electrons. The highest BCUT2D eigenvalue weighted by atomic mass is 16.5. The second-order valence-electron chi connectivity index (χ2n) is 6.10. The Morgan fingerprint density at radius 2 is 2.32 bits per heavy atom. The van der Waals surface area contributed by atoms with Gasteiger partial charge in [0.25, 0.3) is 0 Å². The quantitative estimate of drug-likeness (QED) is 0.877. The van der Waals surface area contributed by atoms with Gasteiger partial charge in [-0.25, -0.2) is 4.79 Å². The van der Waals surface area contributed by atoms with Crippen molar-refractivity contribution in [1.82, 2.24) is 10.3 Å². The number of urea groups is 1. The topological polar surface area (TPSA) is 72.5 Å². The Hall–Kier alpha value is -1.82. The Balaban J connectivity index is 1.89. The normalized spacial score (nSPS) is 21.5. The van der Waals surface area contributed by atoms with Crippen molar-refractivity contribution in [3.8, 4) is 5.75 Å². The fourth-order valence-electron chi connectivity index (χ4n) is 2.40. The van der Waals surface area contributed by atoms with E-state index in [1.54, 1.807) is 18.5 Å². The van der Waals surface area contributed by atoms with E-state index in [-0.39, 0.29) is 17.7 Å². The number of anilines is 1. The number of nitrogens with one attached hydrogen (secondary N) is 2. The lowest BCUT2D eigenvalue weighted by Gasteiger charge is -2.33. The molecule has 1 atom stereocenters. The van der Waals surface area contributed by atoms with Crippen LogP contribution in [0, 0.1) is 0 Å². The summed E-state index contributed by atoms with van der Waals surface area (Å²) >= 11 is 0. The van der Waals surface area contributed by atoms with Crippen molar-refractivity contribution in [3.05, 3.63) is 18.5 Å². The molecule has 1 aromatic rings. The first-order chi connectivity index (χ1) is 10.5. The summed E-state index contributed by atoms with van der Waals surface area (Å²) < 4.78 is 11.4. The molecule has 2 heterocycles. The van der Waals surface area contributed by atoms with Crippen LogP contribution in [0.25, 0.3) is 0 Å². The van der Waals surface area contributed by atoms with Crippen LogP contribution < -0.4 is 15.4 Å². The second-order valence-corrected chi connectivity index (χ2v) is 6.10. The van der Waals surface area contributed by atoms with Gasteiger partial charge in [0.2, 0.25) is 0 Å². The Labute approximate surface area is 131 Å². The maximum Gasteiger partial charge on any atom is 0.319 e. The summed E-state index contributed by atoms with van der Waals surface area (Å²) in [5.74, 6) is 0.563. The van der Waals surface area contributed by atoms with Crippen LogP contribution >= 0.6 is 0 Å². The lowest BCUT2D eigenvalue weighted by molar-refractivity contribution is -0.0612. The summed E-state index contributed by atoms with van der Waals surface area (Å²) in [6.07, 6.45) is 6.42. The molecular formula is C16H25N3O3. The van der Waals surface area contributed by atoms with Gasteiger partial charge in [0.05, 0.1) is 23.6 Å². The molecule has 0 aliphatic carbocycles. The highest BCUT2D eigenvalue weighted by Crippen LogP contribution is 2.25. The molecule has 22 heavy (non-hydrogen) atoms. The fraction of sp³-hybridized carbons (Fsp3) is 0.625. The molecule has 2 N–H and O–H groups in total. The summed E-state index contributed by atoms with van der Waals surface area (Å²) in [6.45, 7) is 7.14. The first-order valence-electron chi connectivity index (χ1n) is 7.78. The van der Waals surface area contributed by atoms with E-state index in [0.29, 0.717) is 18.0 Å². The summed E-state index contributed by atoms with van der Waals surface area (Å²) in [7, 11) is 0. The third-order valence-electron chi connectivity index (χ3n) is 3.57. The molecule has 1 saturated heterocycles. The molecule has 0 spiro atoms. The molecular weight excluding hydrogens is 282 g/mol. The summed E-state index contributed by atoms with van der Waals surface area (Å²) in [5, 5.41) is 5.67. The van der Waals surface area contributed by atoms with Crippen LogP contribution in [0.1, 0.15) is 40.0 Å². The largest absolute Gasteiger partial charge is 0.487 e. The third kappa shape index (κ3) is 4.87. The van der Waals surface area contributed by atoms with Gasteiger partial charge in [0.15, 0.2) is 5.75 Å². The molecule has 2 rings (SSSR count). The number of hydrogen-bond acceptors (Lipinski definition) is 4. The smallest absolute Gasteiger partial charge is 0.319 e. The number of nitrogens with zero attached hydrogens (tertiary/aromatic N) is 1. The number of hydrogen-bond donors (Lipinski definition) is 2. The zero-order valence-electron chi connectivity index (χ0n) is 13.5. The number of ether oxygens (including phenoxy) is 2. The first kappa shape index (κ1) is 16.5. The Morgan fingerprint density at radius 3 is 3.00 bits per heavy atom. The SMILES string of the molecule is CC(C)Oc1cnccc1NC(=O)NCC1(C)CCCCO1. The zero-order chi connectivity index (χ0) is 16.0. The van der Waals surface area contributed by atoms with Crippen molar-refractivity contribution in [2.75, 3.05) is 18.5 Å². The number of aromatic nitrogens is 1. The molecule has 1 aliphatic rings. The lowest BCUT2D eigenvalue weighted by Crippen LogP contribution is -2.45. The average molecular weight is 307 g/mol. The minimum Gasteiger partial charge on any atom is -0.487 e. The Kier molecular flexibility index (Phi) is 5.60. The minimum absolute atomic E-state index is 0.0161. The van der Waals surface area contributed by atoms with Gasteiger partial charge in [-0.15, -0.1) is 0 Å². The highest BCUT2D eigenvalue weighted by Gasteiger charge is 2.28. The van der Waals surface area contributed by atoms with E-state index in [1.165, 1.54) is 0 Å². The maximum absolute atomic E-state index is 12.1. The van der Waals surface area contributed by atoms with Crippen molar-refractivity contribution < 1.29 is 14.3 Å². The molecule has 0 saturated carbocycles. The molecule has 1 aliphatic heterocycles. The van der Waals surface area contributed by atoms with E-state index >= 15 is 0 Å². The molecule has 1 unspecified atom stereocenters. The predicted octanol–water partition coefficient (Wildman–Crippen LogP) is 2.95. The van der Waals surface area contributed by atoms with Gasteiger partial charge in [0, 0.05) is 19.3 Å². The van der Waals surface area contributed by atoms with E-state index in [4.69, 9.17) is 9.47 Å². The van der Waals surface area contributed by atoms with E-state index in [0.717, 1.165) is 25.9 Å². The maximum atomic E-state index is 12.1. The number of rotatable bonds is 5. The van der Waals surface area contributed by atoms with Crippen molar-refractivity contribution in [2.24, 2.45) is 0 Å². The zero-order valence-corrected chi connectivity index (χ0v) is 13.5. The van der Waals surface area contributed by atoms with Gasteiger partial charge >= 0.3 is 6.03 Å². The number of carbonyl (C=O) groups is 1. The van der Waals surface area contributed by atoms with Crippen LogP contribution in [0.3, 0.4) is 0 Å². The summed E-state index contributed by atoms with van der Waals surface area (Å²) in [4.78, 5) is 16.1. The Bertz CT molecular complexity index is 499. The monoisotopic (exact) mass is 307 g/mol. The van der Waals surface area contributed by atoms with Crippen molar-refractivity contribution in [1.29, 1.82) is 0 Å². The van der Waals surface area contributed by atoms with Crippen LogP contribution in [-0.2, 0) is 4.74 Å². The van der Waals surface area contributed by atoms with Crippen LogP contribution in [0.2, 0.25) is 0 Å². The molecule has 6 nitrogen and oxygen atoms in total. The van der Waals surface area contributed by atoms with Gasteiger partial charge in [-0.1, -0.05) is 0 Å². The van der Waals surface area contributed by atoms with Gasteiger partial charge in [-0.05, 0) is 46.1 Å². The van der Waals surface area contributed by atoms with Crippen molar-refractivity contribution >= 4 is 11.7 Å². The van der Waals surface area contributed by atoms with E-state index < -0.39 is 0 Å². The highest BCUT2D eigenvalue weighted by molar-refractivity contribution is 5.90. The van der Waals surface area contributed by atoms with E-state index in [1.807, 2.05) is 20.8 Å².